The van der Waals surface area contributed by atoms with Crippen LogP contribution in [-0.4, -0.2) is 27.4 Å². The molecule has 1 heterocycles. The number of amides is 1. The summed E-state index contributed by atoms with van der Waals surface area (Å²) in [5.74, 6) is -1.37. The normalized spacial score (nSPS) is 11.0. The van der Waals surface area contributed by atoms with Crippen LogP contribution >= 0.6 is 11.3 Å². The number of hydrazine groups is 1. The summed E-state index contributed by atoms with van der Waals surface area (Å²) >= 11 is 0.935. The maximum absolute atomic E-state index is 12.2. The highest BCUT2D eigenvalue weighted by molar-refractivity contribution is 7.89. The number of hydrogen-bond acceptors (Lipinski definition) is 6. The molecule has 0 aliphatic carbocycles. The number of thiophene rings is 1. The van der Waals surface area contributed by atoms with E-state index in [2.05, 4.69) is 10.2 Å². The quantitative estimate of drug-likeness (QED) is 0.625. The van der Waals surface area contributed by atoms with Crippen molar-refractivity contribution in [2.45, 2.75) is 11.8 Å². The van der Waals surface area contributed by atoms with Crippen molar-refractivity contribution in [3.8, 4) is 0 Å². The monoisotopic (exact) mass is 354 g/mol. The van der Waals surface area contributed by atoms with Gasteiger partial charge in [0.25, 0.3) is 15.9 Å². The van der Waals surface area contributed by atoms with E-state index in [4.69, 9.17) is 0 Å². The van der Waals surface area contributed by atoms with Crippen LogP contribution in [0.4, 0.5) is 0 Å². The molecular weight excluding hydrogens is 340 g/mol. The summed E-state index contributed by atoms with van der Waals surface area (Å²) in [7, 11) is -2.93. The van der Waals surface area contributed by atoms with Gasteiger partial charge in [-0.2, -0.15) is 0 Å². The highest BCUT2D eigenvalue weighted by Gasteiger charge is 2.25. The minimum absolute atomic E-state index is 0.0652. The Bertz CT molecular complexity index is 825. The topological polar surface area (TPSA) is 102 Å². The standard InChI is InChI=1S/C14H14N2O5S2/c1-9-3-5-10(6-4-9)13(17)15-16-23(19,20)11-7-8-22-12(11)14(18)21-2/h3-8,16H,1-2H3,(H,15,17). The van der Waals surface area contributed by atoms with Gasteiger partial charge in [0.1, 0.15) is 9.77 Å². The number of carbonyl (C=O) groups excluding carboxylic acids is 2. The molecule has 0 atom stereocenters. The molecule has 1 aromatic carbocycles. The lowest BCUT2D eigenvalue weighted by Gasteiger charge is -2.08. The van der Waals surface area contributed by atoms with Crippen molar-refractivity contribution in [1.82, 2.24) is 10.3 Å². The third-order valence-electron chi connectivity index (χ3n) is 2.90. The van der Waals surface area contributed by atoms with E-state index in [0.29, 0.717) is 5.56 Å². The predicted molar refractivity (Wildman–Crippen MR) is 84.6 cm³/mol. The van der Waals surface area contributed by atoms with Gasteiger partial charge in [0.15, 0.2) is 0 Å². The zero-order chi connectivity index (χ0) is 17.0. The van der Waals surface area contributed by atoms with Crippen LogP contribution in [0.15, 0.2) is 40.6 Å². The number of rotatable bonds is 5. The lowest BCUT2D eigenvalue weighted by Crippen LogP contribution is -2.41. The third kappa shape index (κ3) is 3.95. The van der Waals surface area contributed by atoms with Gasteiger partial charge in [-0.15, -0.1) is 16.2 Å². The van der Waals surface area contributed by atoms with Crippen LogP contribution in [-0.2, 0) is 14.8 Å². The van der Waals surface area contributed by atoms with Gasteiger partial charge in [0.2, 0.25) is 0 Å². The van der Waals surface area contributed by atoms with Gasteiger partial charge in [-0.3, -0.25) is 10.2 Å². The summed E-state index contributed by atoms with van der Waals surface area (Å²) in [4.78, 5) is 25.1. The second-order valence-corrected chi connectivity index (χ2v) is 7.10. The molecular formula is C14H14N2O5S2. The lowest BCUT2D eigenvalue weighted by molar-refractivity contribution is 0.0602. The number of hydrogen-bond donors (Lipinski definition) is 2. The van der Waals surface area contributed by atoms with Crippen molar-refractivity contribution in [3.63, 3.8) is 0 Å². The highest BCUT2D eigenvalue weighted by Crippen LogP contribution is 2.22. The lowest BCUT2D eigenvalue weighted by atomic mass is 10.1. The average molecular weight is 354 g/mol. The third-order valence-corrected chi connectivity index (χ3v) is 5.22. The first-order chi connectivity index (χ1) is 10.8. The molecule has 7 nitrogen and oxygen atoms in total. The van der Waals surface area contributed by atoms with E-state index < -0.39 is 21.9 Å². The molecule has 0 saturated heterocycles. The fourth-order valence-electron chi connectivity index (χ4n) is 1.70. The van der Waals surface area contributed by atoms with E-state index in [1.165, 1.54) is 11.4 Å². The molecule has 23 heavy (non-hydrogen) atoms. The molecule has 2 N–H and O–H groups in total. The molecule has 0 bridgehead atoms. The molecule has 1 amide bonds. The summed E-state index contributed by atoms with van der Waals surface area (Å²) in [5, 5.41) is 1.45. The average Bonchev–Trinajstić information content (AvgIpc) is 3.03. The van der Waals surface area contributed by atoms with Crippen molar-refractivity contribution >= 4 is 33.2 Å². The Morgan fingerprint density at radius 2 is 1.78 bits per heavy atom. The van der Waals surface area contributed by atoms with Gasteiger partial charge in [-0.05, 0) is 30.5 Å². The molecule has 9 heteroatoms. The molecule has 1 aromatic heterocycles. The first-order valence-electron chi connectivity index (χ1n) is 6.40. The predicted octanol–water partition coefficient (Wildman–Crippen LogP) is 1.47. The Labute approximate surface area is 137 Å². The van der Waals surface area contributed by atoms with Crippen molar-refractivity contribution in [3.05, 3.63) is 51.7 Å². The minimum Gasteiger partial charge on any atom is -0.465 e. The summed E-state index contributed by atoms with van der Waals surface area (Å²) in [6.07, 6.45) is 0. The zero-order valence-corrected chi connectivity index (χ0v) is 14.0. The van der Waals surface area contributed by atoms with Crippen LogP contribution in [0.2, 0.25) is 0 Å². The van der Waals surface area contributed by atoms with Crippen molar-refractivity contribution in [2.75, 3.05) is 7.11 Å². The molecule has 0 aliphatic heterocycles. The maximum Gasteiger partial charge on any atom is 0.349 e. The molecule has 122 valence electrons. The first kappa shape index (κ1) is 17.1. The number of esters is 1. The number of aryl methyl sites for hydroxylation is 1. The Hall–Kier alpha value is -2.23. The summed E-state index contributed by atoms with van der Waals surface area (Å²) in [6, 6.07) is 7.87. The van der Waals surface area contributed by atoms with Crippen LogP contribution in [0.25, 0.3) is 0 Å². The minimum atomic E-state index is -4.09. The first-order valence-corrected chi connectivity index (χ1v) is 8.76. The van der Waals surface area contributed by atoms with E-state index in [1.54, 1.807) is 24.3 Å². The Balaban J connectivity index is 2.13. The zero-order valence-electron chi connectivity index (χ0n) is 12.3. The van der Waals surface area contributed by atoms with E-state index in [9.17, 15) is 18.0 Å². The number of methoxy groups -OCH3 is 1. The summed E-state index contributed by atoms with van der Waals surface area (Å²) < 4.78 is 28.9. The van der Waals surface area contributed by atoms with Gasteiger partial charge < -0.3 is 4.74 Å². The second-order valence-electron chi connectivity index (χ2n) is 4.53. The number of carbonyl (C=O) groups is 2. The van der Waals surface area contributed by atoms with E-state index in [1.807, 2.05) is 11.8 Å². The molecule has 0 unspecified atom stereocenters. The fraction of sp³-hybridized carbons (Fsp3) is 0.143. The molecule has 2 aromatic rings. The number of ether oxygens (including phenoxy) is 1. The van der Waals surface area contributed by atoms with Crippen LogP contribution in [0.1, 0.15) is 25.6 Å². The van der Waals surface area contributed by atoms with Gasteiger partial charge in [0.05, 0.1) is 7.11 Å². The largest absolute Gasteiger partial charge is 0.465 e. The summed E-state index contributed by atoms with van der Waals surface area (Å²) in [5.41, 5.74) is 3.38. The Morgan fingerprint density at radius 3 is 2.39 bits per heavy atom. The summed E-state index contributed by atoms with van der Waals surface area (Å²) in [6.45, 7) is 1.87. The Kier molecular flexibility index (Phi) is 5.14. The van der Waals surface area contributed by atoms with Gasteiger partial charge >= 0.3 is 5.97 Å². The molecule has 0 aliphatic rings. The van der Waals surface area contributed by atoms with Gasteiger partial charge in [0, 0.05) is 5.56 Å². The smallest absolute Gasteiger partial charge is 0.349 e. The van der Waals surface area contributed by atoms with Crippen LogP contribution < -0.4 is 10.3 Å². The van der Waals surface area contributed by atoms with E-state index in [-0.39, 0.29) is 9.77 Å². The van der Waals surface area contributed by atoms with Crippen LogP contribution in [0.5, 0.6) is 0 Å². The number of benzene rings is 1. The molecule has 0 saturated carbocycles. The fourth-order valence-corrected chi connectivity index (χ4v) is 3.87. The van der Waals surface area contributed by atoms with Gasteiger partial charge in [-0.25, -0.2) is 13.2 Å². The second kappa shape index (κ2) is 6.90. The van der Waals surface area contributed by atoms with Gasteiger partial charge in [-0.1, -0.05) is 17.7 Å². The van der Waals surface area contributed by atoms with Crippen molar-refractivity contribution in [1.29, 1.82) is 0 Å². The maximum atomic E-state index is 12.2. The van der Waals surface area contributed by atoms with Crippen molar-refractivity contribution in [2.24, 2.45) is 0 Å². The molecule has 2 rings (SSSR count). The number of nitrogens with one attached hydrogen (secondary N) is 2. The molecule has 0 spiro atoms. The van der Waals surface area contributed by atoms with E-state index >= 15 is 0 Å². The van der Waals surface area contributed by atoms with E-state index in [0.717, 1.165) is 24.0 Å². The van der Waals surface area contributed by atoms with Crippen molar-refractivity contribution < 1.29 is 22.7 Å². The molecule has 0 fully saturated rings. The van der Waals surface area contributed by atoms with Crippen LogP contribution in [0.3, 0.4) is 0 Å². The SMILES string of the molecule is COC(=O)c1sccc1S(=O)(=O)NNC(=O)c1ccc(C)cc1. The van der Waals surface area contributed by atoms with Crippen LogP contribution in [0, 0.1) is 6.92 Å². The highest BCUT2D eigenvalue weighted by atomic mass is 32.2. The molecule has 0 radical (unpaired) electrons. The number of sulfonamides is 1. The Morgan fingerprint density at radius 1 is 1.13 bits per heavy atom.